The number of urea groups is 1. The zero-order valence-electron chi connectivity index (χ0n) is 10.8. The number of hydrogen-bond acceptors (Lipinski definition) is 3. The molecule has 0 aliphatic heterocycles. The number of nitrogens with one attached hydrogen (secondary N) is 3. The lowest BCUT2D eigenvalue weighted by atomic mass is 10.2. The van der Waals surface area contributed by atoms with Crippen molar-refractivity contribution in [2.45, 2.75) is 6.42 Å². The van der Waals surface area contributed by atoms with E-state index in [4.69, 9.17) is 5.11 Å². The van der Waals surface area contributed by atoms with Crippen molar-refractivity contribution in [2.24, 2.45) is 11.8 Å². The molecule has 2 atom stereocenters. The molecule has 1 aliphatic carbocycles. The molecule has 1 fully saturated rings. The Labute approximate surface area is 115 Å². The van der Waals surface area contributed by atoms with Crippen molar-refractivity contribution >= 4 is 29.3 Å². The van der Waals surface area contributed by atoms with Gasteiger partial charge in [0, 0.05) is 18.4 Å². The minimum Gasteiger partial charge on any atom is -0.481 e. The molecule has 7 nitrogen and oxygen atoms in total. The van der Waals surface area contributed by atoms with Gasteiger partial charge in [0.1, 0.15) is 0 Å². The molecule has 1 saturated carbocycles. The first-order valence-corrected chi connectivity index (χ1v) is 6.13. The maximum absolute atomic E-state index is 11.8. The fourth-order valence-electron chi connectivity index (χ4n) is 1.86. The summed E-state index contributed by atoms with van der Waals surface area (Å²) in [7, 11) is 1.50. The number of carbonyl (C=O) groups is 3. The van der Waals surface area contributed by atoms with Crippen molar-refractivity contribution < 1.29 is 19.5 Å². The zero-order valence-corrected chi connectivity index (χ0v) is 10.8. The molecule has 0 saturated heterocycles. The van der Waals surface area contributed by atoms with E-state index in [0.29, 0.717) is 17.8 Å². The number of hydrogen-bond donors (Lipinski definition) is 4. The standard InChI is InChI=1S/C13H15N3O4/c1-14-13(20)16-8-4-2-3-7(5-8)15-11(17)9-6-10(9)12(18)19/h2-5,9-10H,6H2,1H3,(H,15,17)(H,18,19)(H2,14,16,20). The summed E-state index contributed by atoms with van der Waals surface area (Å²) in [5.41, 5.74) is 1.05. The van der Waals surface area contributed by atoms with Gasteiger partial charge in [-0.1, -0.05) is 6.07 Å². The molecule has 1 aromatic rings. The highest BCUT2D eigenvalue weighted by atomic mass is 16.4. The number of amides is 3. The average molecular weight is 277 g/mol. The van der Waals surface area contributed by atoms with Crippen molar-refractivity contribution in [1.82, 2.24) is 5.32 Å². The topological polar surface area (TPSA) is 108 Å². The van der Waals surface area contributed by atoms with Crippen molar-refractivity contribution in [2.75, 3.05) is 17.7 Å². The third kappa shape index (κ3) is 3.25. The van der Waals surface area contributed by atoms with Crippen LogP contribution in [-0.2, 0) is 9.59 Å². The average Bonchev–Trinajstić information content (AvgIpc) is 3.19. The van der Waals surface area contributed by atoms with E-state index >= 15 is 0 Å². The lowest BCUT2D eigenvalue weighted by Crippen LogP contribution is -2.24. The molecule has 7 heteroatoms. The Morgan fingerprint density at radius 3 is 2.35 bits per heavy atom. The Morgan fingerprint density at radius 1 is 1.15 bits per heavy atom. The van der Waals surface area contributed by atoms with E-state index in [-0.39, 0.29) is 11.9 Å². The molecule has 4 N–H and O–H groups in total. The SMILES string of the molecule is CNC(=O)Nc1cccc(NC(=O)C2CC2C(=O)O)c1. The maximum atomic E-state index is 11.8. The Kier molecular flexibility index (Phi) is 3.88. The fraction of sp³-hybridized carbons (Fsp3) is 0.308. The molecule has 1 aromatic carbocycles. The van der Waals surface area contributed by atoms with E-state index in [2.05, 4.69) is 16.0 Å². The molecule has 2 unspecified atom stereocenters. The molecule has 3 amide bonds. The smallest absolute Gasteiger partial charge is 0.318 e. The maximum Gasteiger partial charge on any atom is 0.318 e. The van der Waals surface area contributed by atoms with Crippen molar-refractivity contribution in [3.8, 4) is 0 Å². The molecule has 0 aromatic heterocycles. The Balaban J connectivity index is 1.96. The molecule has 1 aliphatic rings. The van der Waals surface area contributed by atoms with Crippen LogP contribution >= 0.6 is 0 Å². The molecule has 106 valence electrons. The molecule has 0 bridgehead atoms. The van der Waals surface area contributed by atoms with Gasteiger partial charge in [0.2, 0.25) is 5.91 Å². The third-order valence-corrected chi connectivity index (χ3v) is 3.06. The number of carboxylic acid groups (broad SMARTS) is 1. The van der Waals surface area contributed by atoms with Gasteiger partial charge in [0.25, 0.3) is 0 Å². The number of aliphatic carboxylic acids is 1. The molecule has 20 heavy (non-hydrogen) atoms. The summed E-state index contributed by atoms with van der Waals surface area (Å²) >= 11 is 0. The van der Waals surface area contributed by atoms with Crippen LogP contribution in [0.5, 0.6) is 0 Å². The zero-order chi connectivity index (χ0) is 14.7. The minimum absolute atomic E-state index is 0.311. The van der Waals surface area contributed by atoms with Crippen LogP contribution in [0, 0.1) is 11.8 Å². The molecular formula is C13H15N3O4. The van der Waals surface area contributed by atoms with E-state index in [1.54, 1.807) is 24.3 Å². The summed E-state index contributed by atoms with van der Waals surface area (Å²) in [5.74, 6) is -2.31. The summed E-state index contributed by atoms with van der Waals surface area (Å²) in [5, 5.41) is 16.4. The second-order valence-electron chi connectivity index (χ2n) is 4.56. The van der Waals surface area contributed by atoms with Crippen LogP contribution in [0.1, 0.15) is 6.42 Å². The molecular weight excluding hydrogens is 262 g/mol. The van der Waals surface area contributed by atoms with Gasteiger partial charge in [-0.25, -0.2) is 4.79 Å². The quantitative estimate of drug-likeness (QED) is 0.660. The van der Waals surface area contributed by atoms with E-state index in [1.807, 2.05) is 0 Å². The lowest BCUT2D eigenvalue weighted by molar-refractivity contribution is -0.139. The van der Waals surface area contributed by atoms with E-state index in [0.717, 1.165) is 0 Å². The second-order valence-corrected chi connectivity index (χ2v) is 4.56. The molecule has 2 rings (SSSR count). The Hall–Kier alpha value is -2.57. The van der Waals surface area contributed by atoms with E-state index < -0.39 is 17.8 Å². The first kappa shape index (κ1) is 13.9. The number of anilines is 2. The highest BCUT2D eigenvalue weighted by molar-refractivity contribution is 5.99. The van der Waals surface area contributed by atoms with Crippen molar-refractivity contribution in [3.05, 3.63) is 24.3 Å². The van der Waals surface area contributed by atoms with Gasteiger partial charge in [0.15, 0.2) is 0 Å². The first-order chi connectivity index (χ1) is 9.51. The highest BCUT2D eigenvalue weighted by Crippen LogP contribution is 2.39. The van der Waals surface area contributed by atoms with Gasteiger partial charge in [-0.15, -0.1) is 0 Å². The van der Waals surface area contributed by atoms with Crippen LogP contribution in [0.3, 0.4) is 0 Å². The summed E-state index contributed by atoms with van der Waals surface area (Å²) in [6.45, 7) is 0. The van der Waals surface area contributed by atoms with Gasteiger partial charge >= 0.3 is 12.0 Å². The third-order valence-electron chi connectivity index (χ3n) is 3.06. The summed E-state index contributed by atoms with van der Waals surface area (Å²) in [6.07, 6.45) is 0.372. The van der Waals surface area contributed by atoms with Crippen LogP contribution in [0.15, 0.2) is 24.3 Å². The number of carbonyl (C=O) groups excluding carboxylic acids is 2. The Bertz CT molecular complexity index is 558. The van der Waals surface area contributed by atoms with Gasteiger partial charge in [-0.3, -0.25) is 9.59 Å². The normalized spacial score (nSPS) is 19.9. The molecule has 0 radical (unpaired) electrons. The van der Waals surface area contributed by atoms with Crippen molar-refractivity contribution in [1.29, 1.82) is 0 Å². The number of rotatable bonds is 4. The molecule has 0 heterocycles. The van der Waals surface area contributed by atoms with Crippen LogP contribution in [0.2, 0.25) is 0 Å². The summed E-state index contributed by atoms with van der Waals surface area (Å²) < 4.78 is 0. The van der Waals surface area contributed by atoms with Gasteiger partial charge in [-0.2, -0.15) is 0 Å². The highest BCUT2D eigenvalue weighted by Gasteiger charge is 2.48. The monoisotopic (exact) mass is 277 g/mol. The van der Waals surface area contributed by atoms with Gasteiger partial charge in [0.05, 0.1) is 11.8 Å². The van der Waals surface area contributed by atoms with Crippen molar-refractivity contribution in [3.63, 3.8) is 0 Å². The minimum atomic E-state index is -0.944. The Morgan fingerprint density at radius 2 is 1.80 bits per heavy atom. The fourth-order valence-corrected chi connectivity index (χ4v) is 1.86. The lowest BCUT2D eigenvalue weighted by Gasteiger charge is -2.08. The number of carboxylic acids is 1. The predicted molar refractivity (Wildman–Crippen MR) is 72.4 cm³/mol. The summed E-state index contributed by atoms with van der Waals surface area (Å²) in [4.78, 5) is 33.7. The van der Waals surface area contributed by atoms with Crippen LogP contribution < -0.4 is 16.0 Å². The first-order valence-electron chi connectivity index (χ1n) is 6.13. The molecule has 0 spiro atoms. The van der Waals surface area contributed by atoms with E-state index in [9.17, 15) is 14.4 Å². The second kappa shape index (κ2) is 5.60. The predicted octanol–water partition coefficient (Wildman–Crippen LogP) is 1.10. The largest absolute Gasteiger partial charge is 0.481 e. The number of benzene rings is 1. The van der Waals surface area contributed by atoms with E-state index in [1.165, 1.54) is 7.05 Å². The summed E-state index contributed by atoms with van der Waals surface area (Å²) in [6, 6.07) is 6.28. The van der Waals surface area contributed by atoms with Gasteiger partial charge < -0.3 is 21.1 Å². The van der Waals surface area contributed by atoms with Crippen LogP contribution in [-0.4, -0.2) is 30.1 Å². The van der Waals surface area contributed by atoms with Crippen LogP contribution in [0.4, 0.5) is 16.2 Å². The van der Waals surface area contributed by atoms with Crippen LogP contribution in [0.25, 0.3) is 0 Å². The van der Waals surface area contributed by atoms with Gasteiger partial charge in [-0.05, 0) is 24.6 Å².